The van der Waals surface area contributed by atoms with Gasteiger partial charge in [0.05, 0.1) is 17.4 Å². The molecule has 2 heterocycles. The molecule has 0 aliphatic carbocycles. The van der Waals surface area contributed by atoms with E-state index in [0.717, 1.165) is 0 Å². The molecule has 2 rings (SSSR count). The number of carbonyl (C=O) groups excluding carboxylic acids is 1. The van der Waals surface area contributed by atoms with E-state index in [9.17, 15) is 4.79 Å². The van der Waals surface area contributed by atoms with Crippen molar-refractivity contribution in [3.8, 4) is 0 Å². The molecular formula is C9H8ClN5OS. The highest BCUT2D eigenvalue weighted by Crippen LogP contribution is 2.17. The summed E-state index contributed by atoms with van der Waals surface area (Å²) in [6.07, 6.45) is 4.76. The number of amides is 1. The Hall–Kier alpha value is -1.60. The molecule has 0 saturated carbocycles. The molecule has 0 aliphatic heterocycles. The van der Waals surface area contributed by atoms with Crippen LogP contribution in [0.5, 0.6) is 0 Å². The number of hydrogen-bond acceptors (Lipinski definition) is 5. The quantitative estimate of drug-likeness (QED) is 0.656. The van der Waals surface area contributed by atoms with Crippen molar-refractivity contribution in [3.63, 3.8) is 0 Å². The monoisotopic (exact) mass is 269 g/mol. The van der Waals surface area contributed by atoms with Crippen LogP contribution < -0.4 is 5.32 Å². The highest BCUT2D eigenvalue weighted by atomic mass is 35.5. The molecule has 2 aromatic heterocycles. The molecular weight excluding hydrogens is 262 g/mol. The van der Waals surface area contributed by atoms with Crippen molar-refractivity contribution in [3.05, 3.63) is 29.2 Å². The Labute approximate surface area is 106 Å². The maximum Gasteiger partial charge on any atom is 0.277 e. The van der Waals surface area contributed by atoms with Gasteiger partial charge in [0, 0.05) is 6.07 Å². The van der Waals surface area contributed by atoms with Crippen LogP contribution in [0, 0.1) is 0 Å². The Morgan fingerprint density at radius 2 is 2.41 bits per heavy atom. The third kappa shape index (κ3) is 2.75. The second kappa shape index (κ2) is 5.15. The molecule has 1 amide bonds. The van der Waals surface area contributed by atoms with Crippen LogP contribution in [-0.4, -0.2) is 32.3 Å². The summed E-state index contributed by atoms with van der Waals surface area (Å²) in [6.45, 7) is 0. The van der Waals surface area contributed by atoms with Gasteiger partial charge in [-0.3, -0.25) is 9.89 Å². The van der Waals surface area contributed by atoms with Gasteiger partial charge in [0.1, 0.15) is 5.82 Å². The van der Waals surface area contributed by atoms with E-state index in [1.54, 1.807) is 6.07 Å². The van der Waals surface area contributed by atoms with E-state index >= 15 is 0 Å². The van der Waals surface area contributed by atoms with E-state index in [0.29, 0.717) is 11.0 Å². The van der Waals surface area contributed by atoms with Gasteiger partial charge in [0.25, 0.3) is 5.91 Å². The summed E-state index contributed by atoms with van der Waals surface area (Å²) in [5.74, 6) is 0.0762. The predicted molar refractivity (Wildman–Crippen MR) is 65.4 cm³/mol. The second-order valence-electron chi connectivity index (χ2n) is 2.98. The maximum atomic E-state index is 11.9. The molecule has 2 aromatic rings. The molecule has 0 aromatic carbocycles. The zero-order valence-electron chi connectivity index (χ0n) is 8.77. The highest BCUT2D eigenvalue weighted by molar-refractivity contribution is 7.98. The van der Waals surface area contributed by atoms with Crippen LogP contribution in [0.3, 0.4) is 0 Å². The number of rotatable bonds is 3. The zero-order valence-corrected chi connectivity index (χ0v) is 10.3. The standard InChI is InChI=1S/C9H8ClN5OS/c1-17-9-11-4-5(10)7(14-9)8(16)13-6-2-3-12-15-6/h2-4H,1H3,(H2,12,13,15,16). The van der Waals surface area contributed by atoms with Gasteiger partial charge in [-0.15, -0.1) is 0 Å². The molecule has 0 aliphatic rings. The molecule has 8 heteroatoms. The first kappa shape index (κ1) is 11.9. The number of hydrogen-bond donors (Lipinski definition) is 2. The minimum atomic E-state index is -0.406. The van der Waals surface area contributed by atoms with E-state index < -0.39 is 5.91 Å². The lowest BCUT2D eigenvalue weighted by Gasteiger charge is -2.04. The summed E-state index contributed by atoms with van der Waals surface area (Å²) in [7, 11) is 0. The van der Waals surface area contributed by atoms with E-state index in [1.165, 1.54) is 24.2 Å². The van der Waals surface area contributed by atoms with E-state index in [1.807, 2.05) is 6.26 Å². The summed E-state index contributed by atoms with van der Waals surface area (Å²) in [5.41, 5.74) is 0.139. The van der Waals surface area contributed by atoms with Crippen LogP contribution in [0.2, 0.25) is 5.02 Å². The summed E-state index contributed by atoms with van der Waals surface area (Å²) >= 11 is 7.20. The number of anilines is 1. The molecule has 0 fully saturated rings. The van der Waals surface area contributed by atoms with Crippen molar-refractivity contribution < 1.29 is 4.79 Å². The summed E-state index contributed by atoms with van der Waals surface area (Å²) in [5, 5.41) is 9.62. The fourth-order valence-corrected chi connectivity index (χ4v) is 1.63. The van der Waals surface area contributed by atoms with Gasteiger partial charge in [0.2, 0.25) is 0 Å². The largest absolute Gasteiger partial charge is 0.306 e. The summed E-state index contributed by atoms with van der Waals surface area (Å²) in [6, 6.07) is 1.63. The zero-order chi connectivity index (χ0) is 12.3. The van der Waals surface area contributed by atoms with E-state index in [4.69, 9.17) is 11.6 Å². The van der Waals surface area contributed by atoms with Crippen molar-refractivity contribution in [2.75, 3.05) is 11.6 Å². The number of halogens is 1. The minimum Gasteiger partial charge on any atom is -0.306 e. The van der Waals surface area contributed by atoms with Crippen LogP contribution in [0.4, 0.5) is 5.82 Å². The van der Waals surface area contributed by atoms with Gasteiger partial charge < -0.3 is 5.32 Å². The topological polar surface area (TPSA) is 83.6 Å². The van der Waals surface area contributed by atoms with E-state index in [-0.39, 0.29) is 10.7 Å². The van der Waals surface area contributed by atoms with Gasteiger partial charge in [-0.25, -0.2) is 9.97 Å². The molecule has 0 bridgehead atoms. The third-order valence-electron chi connectivity index (χ3n) is 1.87. The van der Waals surface area contributed by atoms with Gasteiger partial charge in [0.15, 0.2) is 10.9 Å². The molecule has 88 valence electrons. The molecule has 0 saturated heterocycles. The lowest BCUT2D eigenvalue weighted by atomic mass is 10.4. The van der Waals surface area contributed by atoms with Gasteiger partial charge in [-0.2, -0.15) is 5.10 Å². The Kier molecular flexibility index (Phi) is 3.60. The maximum absolute atomic E-state index is 11.9. The van der Waals surface area contributed by atoms with Gasteiger partial charge >= 0.3 is 0 Å². The van der Waals surface area contributed by atoms with Gasteiger partial charge in [-0.1, -0.05) is 23.4 Å². The first-order chi connectivity index (χ1) is 8.20. The Bertz CT molecular complexity index is 530. The number of aromatic amines is 1. The van der Waals surface area contributed by atoms with Crippen LogP contribution in [0.1, 0.15) is 10.5 Å². The molecule has 0 atom stereocenters. The number of nitrogens with zero attached hydrogens (tertiary/aromatic N) is 3. The fourth-order valence-electron chi connectivity index (χ4n) is 1.12. The number of carbonyl (C=O) groups is 1. The number of nitrogens with one attached hydrogen (secondary N) is 2. The molecule has 0 radical (unpaired) electrons. The number of thioether (sulfide) groups is 1. The fraction of sp³-hybridized carbons (Fsp3) is 0.111. The van der Waals surface area contributed by atoms with Crippen LogP contribution >= 0.6 is 23.4 Å². The van der Waals surface area contributed by atoms with Crippen LogP contribution in [-0.2, 0) is 0 Å². The molecule has 2 N–H and O–H groups in total. The Morgan fingerprint density at radius 3 is 3.06 bits per heavy atom. The lowest BCUT2D eigenvalue weighted by Crippen LogP contribution is -2.15. The highest BCUT2D eigenvalue weighted by Gasteiger charge is 2.14. The average Bonchev–Trinajstić information content (AvgIpc) is 2.82. The smallest absolute Gasteiger partial charge is 0.277 e. The second-order valence-corrected chi connectivity index (χ2v) is 4.16. The minimum absolute atomic E-state index is 0.139. The van der Waals surface area contributed by atoms with Crippen molar-refractivity contribution >= 4 is 35.1 Å². The van der Waals surface area contributed by atoms with Crippen molar-refractivity contribution in [2.45, 2.75) is 5.16 Å². The van der Waals surface area contributed by atoms with E-state index in [2.05, 4.69) is 25.5 Å². The SMILES string of the molecule is CSc1ncc(Cl)c(C(=O)Nc2ccn[nH]2)n1. The lowest BCUT2D eigenvalue weighted by molar-refractivity contribution is 0.102. The molecule has 6 nitrogen and oxygen atoms in total. The number of H-pyrrole nitrogens is 1. The molecule has 17 heavy (non-hydrogen) atoms. The summed E-state index contributed by atoms with van der Waals surface area (Å²) < 4.78 is 0. The summed E-state index contributed by atoms with van der Waals surface area (Å²) in [4.78, 5) is 19.9. The Morgan fingerprint density at radius 1 is 1.59 bits per heavy atom. The Balaban J connectivity index is 2.24. The normalized spacial score (nSPS) is 10.2. The van der Waals surface area contributed by atoms with Crippen molar-refractivity contribution in [2.24, 2.45) is 0 Å². The molecule has 0 unspecified atom stereocenters. The third-order valence-corrected chi connectivity index (χ3v) is 2.71. The first-order valence-electron chi connectivity index (χ1n) is 4.58. The van der Waals surface area contributed by atoms with Gasteiger partial charge in [-0.05, 0) is 6.26 Å². The predicted octanol–water partition coefficient (Wildman–Crippen LogP) is 1.83. The van der Waals surface area contributed by atoms with Crippen LogP contribution in [0.15, 0.2) is 23.6 Å². The van der Waals surface area contributed by atoms with Crippen molar-refractivity contribution in [1.82, 2.24) is 20.2 Å². The van der Waals surface area contributed by atoms with Crippen molar-refractivity contribution in [1.29, 1.82) is 0 Å². The number of aromatic nitrogens is 4. The average molecular weight is 270 g/mol. The van der Waals surface area contributed by atoms with Crippen LogP contribution in [0.25, 0.3) is 0 Å². The first-order valence-corrected chi connectivity index (χ1v) is 6.18. The molecule has 0 spiro atoms.